The summed E-state index contributed by atoms with van der Waals surface area (Å²) in [6, 6.07) is 0. The molecule has 0 aliphatic heterocycles. The second-order valence-corrected chi connectivity index (χ2v) is 5.37. The highest BCUT2D eigenvalue weighted by Gasteiger charge is 2.09. The summed E-state index contributed by atoms with van der Waals surface area (Å²) in [5.74, 6) is 1.58. The topological polar surface area (TPSA) is 9.23 Å². The van der Waals surface area contributed by atoms with E-state index in [2.05, 4.69) is 27.7 Å². The van der Waals surface area contributed by atoms with Gasteiger partial charge in [0.1, 0.15) is 0 Å². The summed E-state index contributed by atoms with van der Waals surface area (Å²) in [6.07, 6.45) is 10.6. The minimum Gasteiger partial charge on any atom is -0.381 e. The van der Waals surface area contributed by atoms with Crippen molar-refractivity contribution in [2.45, 2.75) is 79.1 Å². The van der Waals surface area contributed by atoms with Crippen LogP contribution in [-0.2, 0) is 4.74 Å². The van der Waals surface area contributed by atoms with E-state index in [1.807, 2.05) is 0 Å². The van der Waals surface area contributed by atoms with Gasteiger partial charge in [0, 0.05) is 13.2 Å². The highest BCUT2D eigenvalue weighted by atomic mass is 16.5. The van der Waals surface area contributed by atoms with Gasteiger partial charge in [0.15, 0.2) is 0 Å². The molecule has 104 valence electrons. The summed E-state index contributed by atoms with van der Waals surface area (Å²) in [7, 11) is 0. The molecule has 0 bridgehead atoms. The molecule has 0 amide bonds. The van der Waals surface area contributed by atoms with Crippen molar-refractivity contribution < 1.29 is 4.74 Å². The Kier molecular flexibility index (Phi) is 12.4. The number of rotatable bonds is 12. The molecule has 0 unspecified atom stereocenters. The number of ether oxygens (including phenoxy) is 1. The van der Waals surface area contributed by atoms with Gasteiger partial charge in [0.05, 0.1) is 0 Å². The van der Waals surface area contributed by atoms with Gasteiger partial charge in [0.2, 0.25) is 0 Å². The summed E-state index contributed by atoms with van der Waals surface area (Å²) in [4.78, 5) is 0. The van der Waals surface area contributed by atoms with E-state index < -0.39 is 0 Å². The van der Waals surface area contributed by atoms with Crippen LogP contribution in [0.1, 0.15) is 79.1 Å². The normalized spacial score (nSPS) is 14.8. The first-order valence-corrected chi connectivity index (χ1v) is 7.86. The molecule has 0 saturated heterocycles. The predicted molar refractivity (Wildman–Crippen MR) is 77.4 cm³/mol. The lowest BCUT2D eigenvalue weighted by atomic mass is 9.99. The van der Waals surface area contributed by atoms with Crippen molar-refractivity contribution in [3.63, 3.8) is 0 Å². The molecule has 0 spiro atoms. The molecule has 17 heavy (non-hydrogen) atoms. The van der Waals surface area contributed by atoms with Gasteiger partial charge >= 0.3 is 0 Å². The second-order valence-electron chi connectivity index (χ2n) is 5.37. The van der Waals surface area contributed by atoms with Crippen LogP contribution in [0.3, 0.4) is 0 Å². The van der Waals surface area contributed by atoms with Crippen molar-refractivity contribution in [1.82, 2.24) is 0 Å². The van der Waals surface area contributed by atoms with Crippen LogP contribution in [0, 0.1) is 11.8 Å². The zero-order chi connectivity index (χ0) is 12.9. The number of unbranched alkanes of at least 4 members (excludes halogenated alkanes) is 2. The van der Waals surface area contributed by atoms with Gasteiger partial charge in [-0.25, -0.2) is 0 Å². The highest BCUT2D eigenvalue weighted by molar-refractivity contribution is 4.59. The third-order valence-corrected chi connectivity index (χ3v) is 3.79. The monoisotopic (exact) mass is 242 g/mol. The maximum Gasteiger partial charge on any atom is 0.0494 e. The molecule has 0 fully saturated rings. The minimum absolute atomic E-state index is 0.790. The molecule has 1 heteroatoms. The Morgan fingerprint density at radius 1 is 0.706 bits per heavy atom. The summed E-state index contributed by atoms with van der Waals surface area (Å²) in [5.41, 5.74) is 0. The van der Waals surface area contributed by atoms with Gasteiger partial charge in [-0.1, -0.05) is 66.2 Å². The molecule has 0 saturated carbocycles. The van der Waals surface area contributed by atoms with Crippen LogP contribution in [-0.4, -0.2) is 13.2 Å². The van der Waals surface area contributed by atoms with E-state index in [9.17, 15) is 0 Å². The Balaban J connectivity index is 3.61. The zero-order valence-corrected chi connectivity index (χ0v) is 12.6. The van der Waals surface area contributed by atoms with Gasteiger partial charge in [-0.2, -0.15) is 0 Å². The van der Waals surface area contributed by atoms with E-state index in [1.165, 1.54) is 51.4 Å². The van der Waals surface area contributed by atoms with Crippen molar-refractivity contribution in [2.24, 2.45) is 11.8 Å². The zero-order valence-electron chi connectivity index (χ0n) is 12.6. The lowest BCUT2D eigenvalue weighted by molar-refractivity contribution is 0.0630. The summed E-state index contributed by atoms with van der Waals surface area (Å²) >= 11 is 0. The van der Waals surface area contributed by atoms with Gasteiger partial charge in [-0.3, -0.25) is 0 Å². The molecule has 0 aliphatic rings. The van der Waals surface area contributed by atoms with Crippen LogP contribution in [0.25, 0.3) is 0 Å². The van der Waals surface area contributed by atoms with Crippen molar-refractivity contribution in [2.75, 3.05) is 13.2 Å². The van der Waals surface area contributed by atoms with E-state index in [4.69, 9.17) is 4.74 Å². The molecule has 0 aromatic heterocycles. The minimum atomic E-state index is 0.790. The first-order chi connectivity index (χ1) is 8.28. The highest BCUT2D eigenvalue weighted by Crippen LogP contribution is 2.16. The van der Waals surface area contributed by atoms with Crippen molar-refractivity contribution in [1.29, 1.82) is 0 Å². The summed E-state index contributed by atoms with van der Waals surface area (Å²) in [5, 5.41) is 0. The van der Waals surface area contributed by atoms with Gasteiger partial charge in [-0.15, -0.1) is 0 Å². The van der Waals surface area contributed by atoms with Crippen LogP contribution in [0.15, 0.2) is 0 Å². The standard InChI is InChI=1S/C16H34O/c1-5-9-11-15(7-3)13-17-14-16(8-4)12-10-6-2/h15-16H,5-14H2,1-4H3/t15-,16+. The molecule has 0 radical (unpaired) electrons. The third kappa shape index (κ3) is 9.64. The molecule has 1 nitrogen and oxygen atoms in total. The Bertz CT molecular complexity index is 128. The van der Waals surface area contributed by atoms with E-state index in [0.29, 0.717) is 0 Å². The third-order valence-electron chi connectivity index (χ3n) is 3.79. The predicted octanol–water partition coefficient (Wildman–Crippen LogP) is 5.44. The number of hydrogen-bond acceptors (Lipinski definition) is 1. The Morgan fingerprint density at radius 3 is 1.41 bits per heavy atom. The average Bonchev–Trinajstić information content (AvgIpc) is 2.37. The molecule has 0 aliphatic carbocycles. The fraction of sp³-hybridized carbons (Fsp3) is 1.00. The molecular weight excluding hydrogens is 208 g/mol. The van der Waals surface area contributed by atoms with Gasteiger partial charge in [0.25, 0.3) is 0 Å². The van der Waals surface area contributed by atoms with Gasteiger partial charge in [-0.05, 0) is 24.7 Å². The van der Waals surface area contributed by atoms with Crippen LogP contribution in [0.4, 0.5) is 0 Å². The molecule has 0 rings (SSSR count). The van der Waals surface area contributed by atoms with Crippen molar-refractivity contribution >= 4 is 0 Å². The SMILES string of the molecule is CCCC[C@@H](CC)COC[C@@H](CC)CCCC. The van der Waals surface area contributed by atoms with Crippen LogP contribution in [0.5, 0.6) is 0 Å². The molecule has 2 atom stereocenters. The van der Waals surface area contributed by atoms with Crippen molar-refractivity contribution in [3.8, 4) is 0 Å². The van der Waals surface area contributed by atoms with E-state index in [-0.39, 0.29) is 0 Å². The molecule has 0 heterocycles. The molecule has 0 aromatic rings. The Morgan fingerprint density at radius 2 is 1.12 bits per heavy atom. The average molecular weight is 242 g/mol. The Labute approximate surface area is 109 Å². The van der Waals surface area contributed by atoms with Crippen LogP contribution >= 0.6 is 0 Å². The first-order valence-electron chi connectivity index (χ1n) is 7.86. The smallest absolute Gasteiger partial charge is 0.0494 e. The first kappa shape index (κ1) is 17.0. The van der Waals surface area contributed by atoms with E-state index >= 15 is 0 Å². The van der Waals surface area contributed by atoms with Gasteiger partial charge < -0.3 is 4.74 Å². The molecule has 0 aromatic carbocycles. The maximum absolute atomic E-state index is 5.93. The number of hydrogen-bond donors (Lipinski definition) is 0. The largest absolute Gasteiger partial charge is 0.381 e. The quantitative estimate of drug-likeness (QED) is 0.443. The fourth-order valence-electron chi connectivity index (χ4n) is 2.20. The summed E-state index contributed by atoms with van der Waals surface area (Å²) < 4.78 is 5.93. The lowest BCUT2D eigenvalue weighted by Gasteiger charge is -2.18. The Hall–Kier alpha value is -0.0400. The fourth-order valence-corrected chi connectivity index (χ4v) is 2.20. The van der Waals surface area contributed by atoms with Crippen molar-refractivity contribution in [3.05, 3.63) is 0 Å². The second kappa shape index (κ2) is 12.4. The van der Waals surface area contributed by atoms with Crippen LogP contribution in [0.2, 0.25) is 0 Å². The van der Waals surface area contributed by atoms with E-state index in [0.717, 1.165) is 25.0 Å². The maximum atomic E-state index is 5.93. The molecular formula is C16H34O. The van der Waals surface area contributed by atoms with Crippen LogP contribution < -0.4 is 0 Å². The van der Waals surface area contributed by atoms with E-state index in [1.54, 1.807) is 0 Å². The summed E-state index contributed by atoms with van der Waals surface area (Å²) in [6.45, 7) is 11.1. The lowest BCUT2D eigenvalue weighted by Crippen LogP contribution is -2.14. The molecule has 0 N–H and O–H groups in total.